The lowest BCUT2D eigenvalue weighted by Crippen LogP contribution is -2.61. The molecule has 8 heteroatoms. The first-order chi connectivity index (χ1) is 20.4. The molecule has 43 heavy (non-hydrogen) atoms. The largest absolute Gasteiger partial charge is 0.389 e. The first kappa shape index (κ1) is 34.3. The van der Waals surface area contributed by atoms with E-state index in [1.165, 1.54) is 25.7 Å². The molecule has 0 amide bonds. The number of fused-ring (bicyclic) bond motifs is 2. The Morgan fingerprint density at radius 3 is 2.58 bits per heavy atom. The van der Waals surface area contributed by atoms with Gasteiger partial charge in [0.25, 0.3) is 0 Å². The lowest BCUT2D eigenvalue weighted by molar-refractivity contribution is -0.240. The summed E-state index contributed by atoms with van der Waals surface area (Å²) in [4.78, 5) is 2.63. The molecule has 0 radical (unpaired) electrons. The van der Waals surface area contributed by atoms with Gasteiger partial charge < -0.3 is 34.6 Å². The van der Waals surface area contributed by atoms with Crippen molar-refractivity contribution in [3.63, 3.8) is 0 Å². The van der Waals surface area contributed by atoms with E-state index in [0.717, 1.165) is 84.2 Å². The van der Waals surface area contributed by atoms with Crippen molar-refractivity contribution in [2.24, 2.45) is 29.1 Å². The number of aliphatic hydroxyl groups excluding tert-OH is 1. The van der Waals surface area contributed by atoms with Gasteiger partial charge in [-0.25, -0.2) is 0 Å². The van der Waals surface area contributed by atoms with E-state index in [4.69, 9.17) is 25.8 Å². The number of nitrogens with zero attached hydrogens (tertiary/aromatic N) is 1. The SMILES string of the molecule is CCOC(O)C(C)(C)O[C@H]1CCC2OC[C@H]3NCCCC3C(CCCN3CCC(O)([C@H]4CC[C@@H](Cl)CC4)C(C)(C)C3)[C@H]2C1. The molecule has 7 nitrogen and oxygen atoms in total. The molecule has 250 valence electrons. The van der Waals surface area contributed by atoms with Crippen molar-refractivity contribution >= 4 is 11.6 Å². The van der Waals surface area contributed by atoms with Gasteiger partial charge in [-0.1, -0.05) is 13.8 Å². The summed E-state index contributed by atoms with van der Waals surface area (Å²) >= 11 is 6.41. The standard InChI is InChI=1S/C35H63ClN2O5/c1-6-41-32(39)34(4,5)43-26-15-16-31-29(21-26)27(28-9-7-18-37-30(28)22-42-31)10-8-19-38-20-17-35(40,33(2,3)23-38)24-11-13-25(36)14-12-24/h24-32,37,39-40H,6-23H2,1-5H3/t24-,25+,26-,27?,28?,29+,30+,31?,32?,35?/m0/s1. The Morgan fingerprint density at radius 1 is 1.09 bits per heavy atom. The average Bonchev–Trinajstić information content (AvgIpc) is 3.12. The zero-order chi connectivity index (χ0) is 30.8. The summed E-state index contributed by atoms with van der Waals surface area (Å²) < 4.78 is 18.7. The van der Waals surface area contributed by atoms with E-state index < -0.39 is 17.5 Å². The second-order valence-corrected chi connectivity index (χ2v) is 16.6. The maximum atomic E-state index is 12.0. The minimum absolute atomic E-state index is 0.111. The number of alkyl halides is 1. The molecule has 0 aromatic heterocycles. The summed E-state index contributed by atoms with van der Waals surface area (Å²) in [5.41, 5.74) is -1.45. The average molecular weight is 627 g/mol. The molecule has 5 aliphatic rings. The van der Waals surface area contributed by atoms with Crippen LogP contribution in [0.1, 0.15) is 112 Å². The number of aliphatic hydroxyl groups is 2. The van der Waals surface area contributed by atoms with Crippen molar-refractivity contribution in [3.05, 3.63) is 0 Å². The van der Waals surface area contributed by atoms with Gasteiger partial charge in [0, 0.05) is 36.5 Å². The predicted molar refractivity (Wildman–Crippen MR) is 172 cm³/mol. The zero-order valence-electron chi connectivity index (χ0n) is 27.9. The van der Waals surface area contributed by atoms with Crippen molar-refractivity contribution in [3.8, 4) is 0 Å². The molecule has 5 rings (SSSR count). The Balaban J connectivity index is 1.21. The van der Waals surface area contributed by atoms with E-state index in [9.17, 15) is 10.2 Å². The van der Waals surface area contributed by atoms with Crippen LogP contribution in [0.3, 0.4) is 0 Å². The van der Waals surface area contributed by atoms with Gasteiger partial charge in [0.2, 0.25) is 0 Å². The Kier molecular flexibility index (Phi) is 11.5. The van der Waals surface area contributed by atoms with Crippen molar-refractivity contribution in [1.29, 1.82) is 0 Å². The molecule has 2 saturated carbocycles. The van der Waals surface area contributed by atoms with Crippen LogP contribution in [0.4, 0.5) is 0 Å². The van der Waals surface area contributed by atoms with E-state index in [-0.39, 0.29) is 16.9 Å². The number of piperidine rings is 2. The molecule has 5 unspecified atom stereocenters. The number of likely N-dealkylation sites (tertiary alicyclic amines) is 1. The summed E-state index contributed by atoms with van der Waals surface area (Å²) in [7, 11) is 0. The summed E-state index contributed by atoms with van der Waals surface area (Å²) in [6.07, 6.45) is 12.5. The molecule has 3 saturated heterocycles. The van der Waals surface area contributed by atoms with Crippen molar-refractivity contribution in [2.45, 2.75) is 153 Å². The van der Waals surface area contributed by atoms with Crippen molar-refractivity contribution in [1.82, 2.24) is 10.2 Å². The number of hydrogen-bond donors (Lipinski definition) is 3. The number of halogens is 1. The molecule has 0 bridgehead atoms. The molecule has 2 aliphatic carbocycles. The van der Waals surface area contributed by atoms with E-state index >= 15 is 0 Å². The molecule has 8 atom stereocenters. The highest BCUT2D eigenvalue weighted by Gasteiger charge is 2.52. The highest BCUT2D eigenvalue weighted by atomic mass is 35.5. The van der Waals surface area contributed by atoms with Crippen LogP contribution in [0.25, 0.3) is 0 Å². The van der Waals surface area contributed by atoms with E-state index in [1.807, 2.05) is 20.8 Å². The maximum Gasteiger partial charge on any atom is 0.183 e. The van der Waals surface area contributed by atoms with Gasteiger partial charge in [0.1, 0.15) is 5.60 Å². The highest BCUT2D eigenvalue weighted by molar-refractivity contribution is 6.20. The third-order valence-corrected chi connectivity index (χ3v) is 12.8. The molecular weight excluding hydrogens is 564 g/mol. The van der Waals surface area contributed by atoms with Crippen molar-refractivity contribution in [2.75, 3.05) is 39.4 Å². The van der Waals surface area contributed by atoms with Crippen LogP contribution in [0.2, 0.25) is 0 Å². The monoisotopic (exact) mass is 626 g/mol. The van der Waals surface area contributed by atoms with Gasteiger partial charge in [-0.2, -0.15) is 0 Å². The molecule has 3 heterocycles. The molecule has 0 aromatic rings. The molecular formula is C35H63ClN2O5. The van der Waals surface area contributed by atoms with Crippen LogP contribution >= 0.6 is 11.6 Å². The maximum absolute atomic E-state index is 12.0. The fraction of sp³-hybridized carbons (Fsp3) is 1.00. The quantitative estimate of drug-likeness (QED) is 0.211. The number of rotatable bonds is 10. The van der Waals surface area contributed by atoms with Crippen LogP contribution in [-0.4, -0.2) is 95.6 Å². The lowest BCUT2D eigenvalue weighted by Gasteiger charge is -2.55. The van der Waals surface area contributed by atoms with Gasteiger partial charge in [-0.3, -0.25) is 0 Å². The van der Waals surface area contributed by atoms with Crippen LogP contribution in [0, 0.1) is 29.1 Å². The van der Waals surface area contributed by atoms with Crippen molar-refractivity contribution < 1.29 is 24.4 Å². The Hall–Kier alpha value is 0.01000. The van der Waals surface area contributed by atoms with Crippen LogP contribution in [0.15, 0.2) is 0 Å². The Morgan fingerprint density at radius 2 is 1.86 bits per heavy atom. The van der Waals surface area contributed by atoms with Crippen LogP contribution in [0.5, 0.6) is 0 Å². The van der Waals surface area contributed by atoms with E-state index in [1.54, 1.807) is 0 Å². The summed E-state index contributed by atoms with van der Waals surface area (Å²) in [5, 5.41) is 26.7. The smallest absolute Gasteiger partial charge is 0.183 e. The lowest BCUT2D eigenvalue weighted by atomic mass is 9.60. The summed E-state index contributed by atoms with van der Waals surface area (Å²) in [6, 6.07) is 0.451. The molecule has 0 aromatic carbocycles. The zero-order valence-corrected chi connectivity index (χ0v) is 28.6. The Bertz CT molecular complexity index is 882. The molecule has 3 N–H and O–H groups in total. The second kappa shape index (κ2) is 14.4. The molecule has 0 spiro atoms. The third kappa shape index (κ3) is 7.77. The van der Waals surface area contributed by atoms with E-state index in [0.29, 0.717) is 42.4 Å². The second-order valence-electron chi connectivity index (χ2n) is 16.0. The minimum atomic E-state index is -0.926. The van der Waals surface area contributed by atoms with Gasteiger partial charge >= 0.3 is 0 Å². The number of ether oxygens (including phenoxy) is 3. The highest BCUT2D eigenvalue weighted by Crippen LogP contribution is 2.49. The number of nitrogens with one attached hydrogen (secondary N) is 1. The third-order valence-electron chi connectivity index (χ3n) is 12.3. The first-order valence-electron chi connectivity index (χ1n) is 17.8. The topological polar surface area (TPSA) is 83.4 Å². The normalized spacial score (nSPS) is 41.6. The molecule has 5 fully saturated rings. The molecule has 3 aliphatic heterocycles. The van der Waals surface area contributed by atoms with Crippen LogP contribution < -0.4 is 5.32 Å². The van der Waals surface area contributed by atoms with Gasteiger partial charge in [0.15, 0.2) is 6.29 Å². The predicted octanol–water partition coefficient (Wildman–Crippen LogP) is 5.73. The Labute approximate surface area is 267 Å². The number of hydrogen-bond acceptors (Lipinski definition) is 7. The first-order valence-corrected chi connectivity index (χ1v) is 18.3. The van der Waals surface area contributed by atoms with Gasteiger partial charge in [-0.05, 0) is 135 Å². The summed E-state index contributed by atoms with van der Waals surface area (Å²) in [5.74, 6) is 2.11. The van der Waals surface area contributed by atoms with Gasteiger partial charge in [0.05, 0.1) is 24.4 Å². The summed E-state index contributed by atoms with van der Waals surface area (Å²) in [6.45, 7) is 15.8. The van der Waals surface area contributed by atoms with Gasteiger partial charge in [-0.15, -0.1) is 11.6 Å². The fourth-order valence-electron chi connectivity index (χ4n) is 9.86. The minimum Gasteiger partial charge on any atom is -0.389 e. The van der Waals surface area contributed by atoms with Crippen LogP contribution in [-0.2, 0) is 14.2 Å². The van der Waals surface area contributed by atoms with E-state index in [2.05, 4.69) is 24.1 Å². The fourth-order valence-corrected chi connectivity index (χ4v) is 10.1.